The van der Waals surface area contributed by atoms with Crippen molar-refractivity contribution in [3.8, 4) is 20.2 Å². The summed E-state index contributed by atoms with van der Waals surface area (Å²) in [7, 11) is 0. The molecular formula is C36H35NS3. The molecule has 0 saturated heterocycles. The lowest BCUT2D eigenvalue weighted by Gasteiger charge is -2.24. The molecule has 0 amide bonds. The average Bonchev–Trinajstić information content (AvgIpc) is 3.73. The number of hydrogen-bond donors (Lipinski definition) is 0. The summed E-state index contributed by atoms with van der Waals surface area (Å²) in [6.45, 7) is 6.83. The Morgan fingerprint density at radius 3 is 2.05 bits per heavy atom. The fourth-order valence-electron chi connectivity index (χ4n) is 5.23. The zero-order valence-electron chi connectivity index (χ0n) is 23.2. The van der Waals surface area contributed by atoms with Gasteiger partial charge in [0.1, 0.15) is 0 Å². The first kappa shape index (κ1) is 27.0. The maximum atomic E-state index is 2.55. The Morgan fingerprint density at radius 2 is 1.32 bits per heavy atom. The maximum absolute atomic E-state index is 2.55. The minimum Gasteiger partial charge on any atom is -0.372 e. The second-order valence-corrected chi connectivity index (χ2v) is 13.3. The van der Waals surface area contributed by atoms with Crippen molar-refractivity contribution in [2.45, 2.75) is 39.5 Å². The molecular weight excluding hydrogens is 543 g/mol. The van der Waals surface area contributed by atoms with E-state index in [0.29, 0.717) is 0 Å². The standard InChI is InChI=1S/C36H35NS3/c1-3-5-23-37(24-6-4-2)27-18-15-26(16-19-27)17-20-28-21-22-34(39-28)36-31-13-8-7-12-30(31)35(40-36)32-25-38-33-14-10-9-11-29(32)33/h7-22,25H,3-6,23-24H2,1-2H3/b20-17+. The van der Waals surface area contributed by atoms with Gasteiger partial charge in [-0.15, -0.1) is 34.0 Å². The quantitative estimate of drug-likeness (QED) is 0.148. The number of benzene rings is 3. The lowest BCUT2D eigenvalue weighted by Crippen LogP contribution is -2.25. The Balaban J connectivity index is 1.24. The van der Waals surface area contributed by atoms with Gasteiger partial charge in [0, 0.05) is 65.2 Å². The van der Waals surface area contributed by atoms with Crippen LogP contribution in [-0.4, -0.2) is 13.1 Å². The van der Waals surface area contributed by atoms with Crippen LogP contribution in [0.15, 0.2) is 90.3 Å². The smallest absolute Gasteiger partial charge is 0.0528 e. The molecule has 6 rings (SSSR count). The molecule has 0 spiro atoms. The number of rotatable bonds is 11. The van der Waals surface area contributed by atoms with E-state index >= 15 is 0 Å². The van der Waals surface area contributed by atoms with E-state index in [4.69, 9.17) is 0 Å². The molecule has 0 aliphatic heterocycles. The van der Waals surface area contributed by atoms with E-state index in [-0.39, 0.29) is 0 Å². The molecule has 3 aromatic heterocycles. The molecule has 0 unspecified atom stereocenters. The second kappa shape index (κ2) is 12.6. The molecule has 1 nitrogen and oxygen atoms in total. The van der Waals surface area contributed by atoms with E-state index in [1.165, 1.54) is 82.9 Å². The van der Waals surface area contributed by atoms with Gasteiger partial charge in [0.05, 0.1) is 4.88 Å². The van der Waals surface area contributed by atoms with E-state index < -0.39 is 0 Å². The molecule has 0 atom stereocenters. The van der Waals surface area contributed by atoms with Crippen molar-refractivity contribution in [1.29, 1.82) is 0 Å². The molecule has 0 radical (unpaired) electrons. The van der Waals surface area contributed by atoms with Crippen LogP contribution in [0.5, 0.6) is 0 Å². The Kier molecular flexibility index (Phi) is 8.48. The third-order valence-corrected chi connectivity index (χ3v) is 10.9. The van der Waals surface area contributed by atoms with Gasteiger partial charge in [-0.3, -0.25) is 0 Å². The lowest BCUT2D eigenvalue weighted by molar-refractivity contribution is 0.678. The number of fused-ring (bicyclic) bond motifs is 2. The van der Waals surface area contributed by atoms with Crippen molar-refractivity contribution in [2.75, 3.05) is 18.0 Å². The van der Waals surface area contributed by atoms with E-state index in [1.54, 1.807) is 0 Å². The van der Waals surface area contributed by atoms with Gasteiger partial charge in [-0.2, -0.15) is 0 Å². The van der Waals surface area contributed by atoms with Crippen LogP contribution in [0, 0.1) is 0 Å². The Hall–Kier alpha value is -3.18. The number of hydrogen-bond acceptors (Lipinski definition) is 4. The zero-order valence-corrected chi connectivity index (χ0v) is 25.7. The summed E-state index contributed by atoms with van der Waals surface area (Å²) >= 11 is 5.65. The average molecular weight is 578 g/mol. The topological polar surface area (TPSA) is 3.24 Å². The summed E-state index contributed by atoms with van der Waals surface area (Å²) in [5, 5.41) is 6.38. The minimum atomic E-state index is 1.14. The van der Waals surface area contributed by atoms with Gasteiger partial charge < -0.3 is 4.90 Å². The molecule has 0 fully saturated rings. The van der Waals surface area contributed by atoms with Crippen LogP contribution in [0.25, 0.3) is 53.2 Å². The Bertz CT molecular complexity index is 1720. The van der Waals surface area contributed by atoms with Crippen LogP contribution in [0.1, 0.15) is 50.0 Å². The van der Waals surface area contributed by atoms with Crippen LogP contribution in [0.3, 0.4) is 0 Å². The molecule has 0 N–H and O–H groups in total. The highest BCUT2D eigenvalue weighted by Crippen LogP contribution is 2.48. The van der Waals surface area contributed by atoms with Crippen LogP contribution in [-0.2, 0) is 0 Å². The van der Waals surface area contributed by atoms with Crippen molar-refractivity contribution in [2.24, 2.45) is 0 Å². The number of unbranched alkanes of at least 4 members (excludes halogenated alkanes) is 2. The molecule has 202 valence electrons. The van der Waals surface area contributed by atoms with Crippen LogP contribution >= 0.6 is 34.0 Å². The Labute approximate surface area is 250 Å². The molecule has 0 aliphatic carbocycles. The second-order valence-electron chi connectivity index (χ2n) is 10.3. The molecule has 4 heteroatoms. The van der Waals surface area contributed by atoms with Crippen molar-refractivity contribution in [3.63, 3.8) is 0 Å². The highest BCUT2D eigenvalue weighted by atomic mass is 32.1. The van der Waals surface area contributed by atoms with E-state index in [2.05, 4.69) is 121 Å². The molecule has 6 aromatic rings. The third-order valence-electron chi connectivity index (χ3n) is 7.46. The van der Waals surface area contributed by atoms with E-state index in [0.717, 1.165) is 13.1 Å². The van der Waals surface area contributed by atoms with Crippen molar-refractivity contribution in [1.82, 2.24) is 0 Å². The molecule has 40 heavy (non-hydrogen) atoms. The van der Waals surface area contributed by atoms with Gasteiger partial charge in [-0.1, -0.05) is 87.4 Å². The molecule has 0 saturated carbocycles. The Morgan fingerprint density at radius 1 is 0.650 bits per heavy atom. The number of anilines is 1. The predicted octanol–water partition coefficient (Wildman–Crippen LogP) is 12.1. The molecule has 3 aromatic carbocycles. The van der Waals surface area contributed by atoms with Gasteiger partial charge in [-0.25, -0.2) is 0 Å². The zero-order chi connectivity index (χ0) is 27.3. The van der Waals surface area contributed by atoms with Crippen molar-refractivity contribution >= 4 is 72.7 Å². The lowest BCUT2D eigenvalue weighted by atomic mass is 10.1. The summed E-state index contributed by atoms with van der Waals surface area (Å²) < 4.78 is 1.35. The van der Waals surface area contributed by atoms with Gasteiger partial charge in [0.25, 0.3) is 0 Å². The first-order valence-electron chi connectivity index (χ1n) is 14.4. The van der Waals surface area contributed by atoms with Crippen LogP contribution in [0.2, 0.25) is 0 Å². The van der Waals surface area contributed by atoms with Gasteiger partial charge in [0.2, 0.25) is 0 Å². The van der Waals surface area contributed by atoms with E-state index in [9.17, 15) is 0 Å². The minimum absolute atomic E-state index is 1.14. The SMILES string of the molecule is CCCCN(CCCC)c1ccc(/C=C/c2ccc(-c3sc(-c4csc5ccccc45)c4ccccc34)s2)cc1. The fourth-order valence-corrected chi connectivity index (χ4v) is 8.60. The summed E-state index contributed by atoms with van der Waals surface area (Å²) in [5.41, 5.74) is 3.95. The van der Waals surface area contributed by atoms with Crippen LogP contribution in [0.4, 0.5) is 5.69 Å². The van der Waals surface area contributed by atoms with Gasteiger partial charge >= 0.3 is 0 Å². The summed E-state index contributed by atoms with van der Waals surface area (Å²) in [5.74, 6) is 0. The van der Waals surface area contributed by atoms with Gasteiger partial charge in [0.15, 0.2) is 0 Å². The highest BCUT2D eigenvalue weighted by Gasteiger charge is 2.17. The number of thiophene rings is 3. The van der Waals surface area contributed by atoms with Gasteiger partial charge in [-0.05, 0) is 54.8 Å². The summed E-state index contributed by atoms with van der Waals surface area (Å²) in [6, 6.07) is 31.3. The normalized spacial score (nSPS) is 11.8. The van der Waals surface area contributed by atoms with Crippen molar-refractivity contribution in [3.05, 3.63) is 101 Å². The third kappa shape index (κ3) is 5.67. The monoisotopic (exact) mass is 577 g/mol. The first-order valence-corrected chi connectivity index (χ1v) is 16.9. The van der Waals surface area contributed by atoms with Crippen LogP contribution < -0.4 is 4.90 Å². The predicted molar refractivity (Wildman–Crippen MR) is 183 cm³/mol. The molecule has 0 aliphatic rings. The molecule has 3 heterocycles. The summed E-state index contributed by atoms with van der Waals surface area (Å²) in [4.78, 5) is 7.91. The fraction of sp³-hybridized carbons (Fsp3) is 0.222. The molecule has 0 bridgehead atoms. The maximum Gasteiger partial charge on any atom is 0.0528 e. The van der Waals surface area contributed by atoms with E-state index in [1.807, 2.05) is 34.0 Å². The highest BCUT2D eigenvalue weighted by molar-refractivity contribution is 7.26. The van der Waals surface area contributed by atoms with Crippen molar-refractivity contribution < 1.29 is 0 Å². The number of nitrogens with zero attached hydrogens (tertiary/aromatic N) is 1. The largest absolute Gasteiger partial charge is 0.372 e. The summed E-state index contributed by atoms with van der Waals surface area (Å²) in [6.07, 6.45) is 9.48. The first-order chi connectivity index (χ1) is 19.7.